The number of nitrogens with zero attached hydrogens (tertiary/aromatic N) is 3. The molecule has 3 aliphatic heterocycles. The Morgan fingerprint density at radius 1 is 1.03 bits per heavy atom. The van der Waals surface area contributed by atoms with Crippen LogP contribution in [0.1, 0.15) is 55.3 Å². The van der Waals surface area contributed by atoms with Crippen molar-refractivity contribution < 1.29 is 23.9 Å². The van der Waals surface area contributed by atoms with Crippen molar-refractivity contribution >= 4 is 23.4 Å². The lowest BCUT2D eigenvalue weighted by Gasteiger charge is -2.42. The summed E-state index contributed by atoms with van der Waals surface area (Å²) in [4.78, 5) is 44.8. The summed E-state index contributed by atoms with van der Waals surface area (Å²) in [6, 6.07) is 5.14. The van der Waals surface area contributed by atoms with E-state index in [1.807, 2.05) is 4.90 Å². The van der Waals surface area contributed by atoms with E-state index in [9.17, 15) is 14.4 Å². The average Bonchev–Trinajstić information content (AvgIpc) is 3.42. The summed E-state index contributed by atoms with van der Waals surface area (Å²) in [7, 11) is 3.88. The molecule has 5 rings (SSSR count). The summed E-state index contributed by atoms with van der Waals surface area (Å²) in [5.74, 6) is 0.562. The topological polar surface area (TPSA) is 91.4 Å². The van der Waals surface area contributed by atoms with E-state index >= 15 is 0 Å². The number of benzene rings is 1. The van der Waals surface area contributed by atoms with Gasteiger partial charge in [-0.1, -0.05) is 12.8 Å². The number of hydrogen-bond donors (Lipinski definition) is 1. The van der Waals surface area contributed by atoms with E-state index in [0.717, 1.165) is 64.7 Å². The molecular formula is C27H38N4O5. The minimum absolute atomic E-state index is 0.0259. The molecule has 3 atom stereocenters. The number of carbonyl (C=O) groups excluding carboxylic acids is 3. The van der Waals surface area contributed by atoms with Gasteiger partial charge in [0, 0.05) is 44.8 Å². The van der Waals surface area contributed by atoms with E-state index in [2.05, 4.69) is 17.3 Å². The Morgan fingerprint density at radius 3 is 2.53 bits per heavy atom. The van der Waals surface area contributed by atoms with Gasteiger partial charge in [-0.3, -0.25) is 14.4 Å². The smallest absolute Gasteiger partial charge is 0.257 e. The number of hydrogen-bond acceptors (Lipinski definition) is 6. The third-order valence-electron chi connectivity index (χ3n) is 8.26. The molecule has 9 nitrogen and oxygen atoms in total. The molecule has 0 radical (unpaired) electrons. The average molecular weight is 499 g/mol. The second-order valence-electron chi connectivity index (χ2n) is 10.7. The molecule has 2 saturated heterocycles. The predicted octanol–water partition coefficient (Wildman–Crippen LogP) is 2.36. The maximum atomic E-state index is 13.4. The first-order valence-electron chi connectivity index (χ1n) is 13.4. The number of nitrogens with one attached hydrogen (secondary N) is 1. The predicted molar refractivity (Wildman–Crippen MR) is 135 cm³/mol. The lowest BCUT2D eigenvalue weighted by atomic mass is 9.94. The molecule has 4 aliphatic rings. The van der Waals surface area contributed by atoms with Crippen LogP contribution in [0.15, 0.2) is 18.2 Å². The first kappa shape index (κ1) is 25.0. The van der Waals surface area contributed by atoms with Crippen molar-refractivity contribution in [2.45, 2.75) is 63.2 Å². The van der Waals surface area contributed by atoms with Crippen LogP contribution in [0, 0.1) is 5.92 Å². The minimum Gasteiger partial charge on any atom is -0.490 e. The minimum atomic E-state index is -0.298. The summed E-state index contributed by atoms with van der Waals surface area (Å²) >= 11 is 0. The van der Waals surface area contributed by atoms with Crippen LogP contribution in [0.4, 0.5) is 5.69 Å². The van der Waals surface area contributed by atoms with Gasteiger partial charge in [0.15, 0.2) is 0 Å². The summed E-state index contributed by atoms with van der Waals surface area (Å²) in [5.41, 5.74) is 1.07. The first-order chi connectivity index (χ1) is 17.4. The van der Waals surface area contributed by atoms with Gasteiger partial charge in [-0.25, -0.2) is 0 Å². The van der Waals surface area contributed by atoms with Crippen molar-refractivity contribution in [1.29, 1.82) is 0 Å². The number of anilines is 1. The normalized spacial score (nSPS) is 27.5. The maximum Gasteiger partial charge on any atom is 0.257 e. The van der Waals surface area contributed by atoms with E-state index in [1.54, 1.807) is 30.1 Å². The van der Waals surface area contributed by atoms with E-state index in [4.69, 9.17) is 9.47 Å². The van der Waals surface area contributed by atoms with Gasteiger partial charge in [-0.05, 0) is 50.9 Å². The summed E-state index contributed by atoms with van der Waals surface area (Å²) in [6.45, 7) is 3.62. The Hall–Kier alpha value is -2.65. The molecule has 1 aromatic carbocycles. The highest BCUT2D eigenvalue weighted by Crippen LogP contribution is 2.33. The van der Waals surface area contributed by atoms with Crippen LogP contribution >= 0.6 is 0 Å². The number of amides is 3. The van der Waals surface area contributed by atoms with Crippen molar-refractivity contribution in [2.24, 2.45) is 5.92 Å². The second kappa shape index (κ2) is 10.8. The third-order valence-corrected chi connectivity index (χ3v) is 8.26. The summed E-state index contributed by atoms with van der Waals surface area (Å²) in [5, 5.41) is 2.99. The van der Waals surface area contributed by atoms with Gasteiger partial charge in [-0.15, -0.1) is 0 Å². The molecule has 3 heterocycles. The van der Waals surface area contributed by atoms with Crippen LogP contribution in [0.25, 0.3) is 0 Å². The highest BCUT2D eigenvalue weighted by atomic mass is 16.5. The zero-order valence-corrected chi connectivity index (χ0v) is 21.4. The van der Waals surface area contributed by atoms with Crippen LogP contribution in [0.5, 0.6) is 5.75 Å². The largest absolute Gasteiger partial charge is 0.490 e. The molecule has 0 aromatic heterocycles. The zero-order valence-electron chi connectivity index (χ0n) is 21.4. The van der Waals surface area contributed by atoms with Crippen LogP contribution in [0.3, 0.4) is 0 Å². The Balaban J connectivity index is 1.23. The molecule has 196 valence electrons. The fourth-order valence-corrected chi connectivity index (χ4v) is 5.92. The fourth-order valence-electron chi connectivity index (χ4n) is 5.92. The number of ether oxygens (including phenoxy) is 2. The van der Waals surface area contributed by atoms with Gasteiger partial charge in [0.05, 0.1) is 24.1 Å². The zero-order chi connectivity index (χ0) is 25.2. The first-order valence-corrected chi connectivity index (χ1v) is 13.4. The van der Waals surface area contributed by atoms with E-state index < -0.39 is 0 Å². The molecule has 1 saturated carbocycles. The van der Waals surface area contributed by atoms with Crippen LogP contribution in [-0.2, 0) is 14.3 Å². The molecule has 1 aromatic rings. The molecule has 3 fully saturated rings. The molecule has 36 heavy (non-hydrogen) atoms. The van der Waals surface area contributed by atoms with Gasteiger partial charge in [0.25, 0.3) is 5.91 Å². The van der Waals surface area contributed by atoms with Crippen LogP contribution < -0.4 is 10.1 Å². The third kappa shape index (κ3) is 5.37. The van der Waals surface area contributed by atoms with Gasteiger partial charge in [-0.2, -0.15) is 0 Å². The molecule has 3 amide bonds. The summed E-state index contributed by atoms with van der Waals surface area (Å²) in [6.07, 6.45) is 5.41. The van der Waals surface area contributed by atoms with E-state index in [1.165, 1.54) is 0 Å². The molecule has 0 unspecified atom stereocenters. The lowest BCUT2D eigenvalue weighted by Crippen LogP contribution is -2.54. The SMILES string of the molecule is CN1CCN(C(=O)C[C@H]2CC[C@@H]3[C@@H](COc4ccc(NC(=O)C5CCCC5)cc4C(=O)N3C)O2)CC1. The van der Waals surface area contributed by atoms with Crippen molar-refractivity contribution in [2.75, 3.05) is 52.2 Å². The maximum absolute atomic E-state index is 13.4. The van der Waals surface area contributed by atoms with Gasteiger partial charge < -0.3 is 29.5 Å². The van der Waals surface area contributed by atoms with E-state index in [-0.39, 0.29) is 41.9 Å². The quantitative estimate of drug-likeness (QED) is 0.685. The van der Waals surface area contributed by atoms with Crippen LogP contribution in [0.2, 0.25) is 0 Å². The van der Waals surface area contributed by atoms with Crippen LogP contribution in [-0.4, -0.2) is 97.6 Å². The fraction of sp³-hybridized carbons (Fsp3) is 0.667. The summed E-state index contributed by atoms with van der Waals surface area (Å²) < 4.78 is 12.4. The molecule has 9 heteroatoms. The van der Waals surface area contributed by atoms with Crippen molar-refractivity contribution in [3.05, 3.63) is 23.8 Å². The Kier molecular flexibility index (Phi) is 7.48. The standard InChI is InChI=1S/C27H38N4O5/c1-29-11-13-31(14-12-29)25(32)16-20-8-9-22-24(36-20)17-35-23-10-7-19(15-21(23)27(34)30(22)2)28-26(33)18-5-3-4-6-18/h7,10,15,18,20,22,24H,3-6,8-9,11-14,16-17H2,1-2H3,(H,28,33)/t20-,22-,24-/m1/s1. The molecule has 0 bridgehead atoms. The van der Waals surface area contributed by atoms with Gasteiger partial charge >= 0.3 is 0 Å². The van der Waals surface area contributed by atoms with Crippen molar-refractivity contribution in [3.8, 4) is 5.75 Å². The number of carbonyl (C=O) groups is 3. The number of rotatable bonds is 4. The monoisotopic (exact) mass is 498 g/mol. The molecule has 1 aliphatic carbocycles. The number of fused-ring (bicyclic) bond motifs is 2. The molecule has 0 spiro atoms. The lowest BCUT2D eigenvalue weighted by molar-refractivity contribution is -0.144. The van der Waals surface area contributed by atoms with Crippen molar-refractivity contribution in [3.63, 3.8) is 0 Å². The Labute approximate surface area is 213 Å². The van der Waals surface area contributed by atoms with E-state index in [0.29, 0.717) is 30.0 Å². The van der Waals surface area contributed by atoms with Gasteiger partial charge in [0.2, 0.25) is 11.8 Å². The second-order valence-corrected chi connectivity index (χ2v) is 10.7. The highest BCUT2D eigenvalue weighted by molar-refractivity contribution is 6.00. The van der Waals surface area contributed by atoms with Gasteiger partial charge in [0.1, 0.15) is 18.5 Å². The highest BCUT2D eigenvalue weighted by Gasteiger charge is 2.39. The Morgan fingerprint density at radius 2 is 1.78 bits per heavy atom. The molecule has 1 N–H and O–H groups in total. The van der Waals surface area contributed by atoms with Crippen molar-refractivity contribution in [1.82, 2.24) is 14.7 Å². The number of piperazine rings is 1. The Bertz CT molecular complexity index is 986. The molecular weight excluding hydrogens is 460 g/mol. The number of likely N-dealkylation sites (N-methyl/N-ethyl adjacent to an activating group) is 2.